The van der Waals surface area contributed by atoms with Gasteiger partial charge < -0.3 is 31.6 Å². The van der Waals surface area contributed by atoms with E-state index in [9.17, 15) is 35.6 Å². The Bertz CT molecular complexity index is 1800. The Balaban J connectivity index is 0.00000101. The SMILES string of the molecule is COC12OOC3(C=C1C(=O)C(C)(C)C(=O)C2(C)C)CC[N+](=C(/C=C/C=C(\c1ccc(F)cc1)N1CCOCC1)c1ccc(F)cc1)CC3.F[B-](F)(F)F. The molecule has 1 aliphatic carbocycles. The second-order valence-electron chi connectivity index (χ2n) is 14.4. The van der Waals surface area contributed by atoms with Crippen LogP contribution in [0.4, 0.5) is 26.0 Å². The van der Waals surface area contributed by atoms with Crippen molar-refractivity contribution >= 4 is 30.2 Å². The van der Waals surface area contributed by atoms with Gasteiger partial charge in [0.05, 0.1) is 29.6 Å². The number of hydrogen-bond donors (Lipinski definition) is 0. The number of nitrogens with zero attached hydrogens (tertiary/aromatic N) is 2. The molecule has 53 heavy (non-hydrogen) atoms. The molecule has 15 heteroatoms. The van der Waals surface area contributed by atoms with Crippen molar-refractivity contribution in [2.75, 3.05) is 46.5 Å². The number of benzene rings is 2. The van der Waals surface area contributed by atoms with E-state index in [-0.39, 0.29) is 23.2 Å². The minimum atomic E-state index is -6.00. The van der Waals surface area contributed by atoms with Gasteiger partial charge in [-0.1, -0.05) is 6.08 Å². The molecule has 286 valence electrons. The van der Waals surface area contributed by atoms with Crippen LogP contribution in [0.2, 0.25) is 0 Å². The quantitative estimate of drug-likeness (QED) is 0.0790. The predicted molar refractivity (Wildman–Crippen MR) is 186 cm³/mol. The summed E-state index contributed by atoms with van der Waals surface area (Å²) in [5, 5.41) is 0. The van der Waals surface area contributed by atoms with Crippen molar-refractivity contribution in [2.24, 2.45) is 10.8 Å². The number of halogens is 6. The molecular formula is C38H43BF6N2O6. The summed E-state index contributed by atoms with van der Waals surface area (Å²) in [6.07, 6.45) is 8.78. The number of rotatable bonds is 6. The summed E-state index contributed by atoms with van der Waals surface area (Å²) in [5.41, 5.74) is 0.564. The summed E-state index contributed by atoms with van der Waals surface area (Å²) >= 11 is 0. The van der Waals surface area contributed by atoms with E-state index in [0.717, 1.165) is 22.5 Å². The number of piperidine rings is 1. The average molecular weight is 749 g/mol. The number of carbonyl (C=O) groups excluding carboxylic acids is 2. The van der Waals surface area contributed by atoms with Gasteiger partial charge in [-0.25, -0.2) is 18.2 Å². The Morgan fingerprint density at radius 1 is 0.849 bits per heavy atom. The monoisotopic (exact) mass is 748 g/mol. The van der Waals surface area contributed by atoms with Crippen LogP contribution in [0.5, 0.6) is 0 Å². The predicted octanol–water partition coefficient (Wildman–Crippen LogP) is 6.96. The first kappa shape index (κ1) is 40.1. The third kappa shape index (κ3) is 8.38. The molecular weight excluding hydrogens is 705 g/mol. The van der Waals surface area contributed by atoms with E-state index in [1.807, 2.05) is 24.3 Å². The highest BCUT2D eigenvalue weighted by atomic mass is 19.5. The van der Waals surface area contributed by atoms with Crippen LogP contribution in [0.15, 0.2) is 78.4 Å². The zero-order valence-corrected chi connectivity index (χ0v) is 30.3. The van der Waals surface area contributed by atoms with Crippen molar-refractivity contribution in [2.45, 2.75) is 51.9 Å². The third-order valence-electron chi connectivity index (χ3n) is 10.2. The van der Waals surface area contributed by atoms with Crippen LogP contribution >= 0.6 is 0 Å². The van der Waals surface area contributed by atoms with Crippen LogP contribution in [-0.4, -0.2) is 91.9 Å². The number of fused-ring (bicyclic) bond motifs is 1. The highest BCUT2D eigenvalue weighted by Crippen LogP contribution is 2.55. The molecule has 2 aromatic rings. The molecule has 2 aromatic carbocycles. The molecule has 1 unspecified atom stereocenters. The molecule has 0 bridgehead atoms. The minimum absolute atomic E-state index is 0.274. The lowest BCUT2D eigenvalue weighted by Crippen LogP contribution is -2.67. The fourth-order valence-corrected chi connectivity index (χ4v) is 7.39. The molecule has 0 amide bonds. The van der Waals surface area contributed by atoms with E-state index in [2.05, 4.69) is 9.48 Å². The molecule has 1 saturated carbocycles. The molecule has 0 aromatic heterocycles. The number of methoxy groups -OCH3 is 1. The summed E-state index contributed by atoms with van der Waals surface area (Å²) in [4.78, 5) is 41.5. The van der Waals surface area contributed by atoms with Crippen molar-refractivity contribution < 1.29 is 59.5 Å². The normalized spacial score (nSPS) is 25.9. The molecule has 1 spiro atoms. The van der Waals surface area contributed by atoms with E-state index in [0.29, 0.717) is 57.8 Å². The second-order valence-corrected chi connectivity index (χ2v) is 14.4. The lowest BCUT2D eigenvalue weighted by atomic mass is 9.57. The van der Waals surface area contributed by atoms with Gasteiger partial charge in [0.15, 0.2) is 11.6 Å². The molecule has 3 fully saturated rings. The molecule has 6 rings (SSSR count). The van der Waals surface area contributed by atoms with Crippen LogP contribution in [0.1, 0.15) is 51.7 Å². The van der Waals surface area contributed by atoms with Gasteiger partial charge in [-0.05, 0) is 93.9 Å². The summed E-state index contributed by atoms with van der Waals surface area (Å²) in [5.74, 6) is -2.88. The number of Topliss-reactive ketones (excluding diaryl/α,β-unsaturated/α-hetero) is 2. The van der Waals surface area contributed by atoms with Gasteiger partial charge in [0.1, 0.15) is 30.3 Å². The Morgan fingerprint density at radius 3 is 1.91 bits per heavy atom. The van der Waals surface area contributed by atoms with E-state index in [1.165, 1.54) is 31.4 Å². The molecule has 1 atom stereocenters. The summed E-state index contributed by atoms with van der Waals surface area (Å²) < 4.78 is 80.3. The standard InChI is InChI=1S/C38H43F2N2O6.BF4/c1-35(2)33(43)30-25-37(47-48-38(30,45-5)36(3,4)34(35)44)17-19-41(20-18-37)31(26-9-13-28(39)14-10-26)7-6-8-32(42-21-23-46-24-22-42)27-11-15-29(40)16-12-27;2-1(3,4)5/h6-16,25H,17-24H2,1-5H3;/q+1;-1. The van der Waals surface area contributed by atoms with Crippen molar-refractivity contribution in [3.05, 3.63) is 101 Å². The van der Waals surface area contributed by atoms with E-state index in [1.54, 1.807) is 52.0 Å². The molecule has 8 nitrogen and oxygen atoms in total. The average Bonchev–Trinajstić information content (AvgIpc) is 3.12. The third-order valence-corrected chi connectivity index (χ3v) is 10.2. The van der Waals surface area contributed by atoms with Crippen LogP contribution in [-0.2, 0) is 28.8 Å². The highest BCUT2D eigenvalue weighted by molar-refractivity contribution is 6.50. The molecule has 3 aliphatic heterocycles. The van der Waals surface area contributed by atoms with Crippen LogP contribution in [0.25, 0.3) is 5.70 Å². The maximum absolute atomic E-state index is 14.0. The van der Waals surface area contributed by atoms with Crippen molar-refractivity contribution in [3.8, 4) is 0 Å². The Morgan fingerprint density at radius 2 is 1.38 bits per heavy atom. The molecule has 2 saturated heterocycles. The van der Waals surface area contributed by atoms with Gasteiger partial charge >= 0.3 is 7.25 Å². The molecule has 4 aliphatic rings. The highest BCUT2D eigenvalue weighted by Gasteiger charge is 2.69. The first-order valence-electron chi connectivity index (χ1n) is 17.3. The fourth-order valence-electron chi connectivity index (χ4n) is 7.39. The Labute approximate surface area is 304 Å². The first-order valence-corrected chi connectivity index (χ1v) is 17.3. The maximum Gasteiger partial charge on any atom is 0.673 e. The van der Waals surface area contributed by atoms with E-state index < -0.39 is 29.5 Å². The first-order chi connectivity index (χ1) is 24.8. The van der Waals surface area contributed by atoms with Crippen molar-refractivity contribution in [3.63, 3.8) is 0 Å². The van der Waals surface area contributed by atoms with E-state index >= 15 is 0 Å². The van der Waals surface area contributed by atoms with Gasteiger partial charge in [0, 0.05) is 50.4 Å². The summed E-state index contributed by atoms with van der Waals surface area (Å²) in [6.45, 7) is 10.5. The van der Waals surface area contributed by atoms with E-state index in [4.69, 9.17) is 19.2 Å². The summed E-state index contributed by atoms with van der Waals surface area (Å²) in [7, 11) is -4.58. The number of ether oxygens (including phenoxy) is 2. The Hall–Kier alpha value is -4.05. The topological polar surface area (TPSA) is 77.3 Å². The second kappa shape index (κ2) is 15.4. The number of morpholine rings is 1. The minimum Gasteiger partial charge on any atom is -0.418 e. The summed E-state index contributed by atoms with van der Waals surface area (Å²) in [6, 6.07) is 12.8. The number of carbonyl (C=O) groups is 2. The molecule has 0 radical (unpaired) electrons. The zero-order valence-electron chi connectivity index (χ0n) is 30.3. The number of ketones is 2. The molecule has 3 heterocycles. The van der Waals surface area contributed by atoms with Crippen molar-refractivity contribution in [1.29, 1.82) is 0 Å². The fraction of sp³-hybridized carbons (Fsp3) is 0.447. The van der Waals surface area contributed by atoms with Gasteiger partial charge in [0.2, 0.25) is 11.5 Å². The van der Waals surface area contributed by atoms with Gasteiger partial charge in [-0.2, -0.15) is 4.89 Å². The van der Waals surface area contributed by atoms with Crippen molar-refractivity contribution in [1.82, 2.24) is 4.90 Å². The molecule has 0 N–H and O–H groups in total. The van der Waals surface area contributed by atoms with Gasteiger partial charge in [-0.3, -0.25) is 9.59 Å². The number of hydrogen-bond acceptors (Lipinski definition) is 7. The lowest BCUT2D eigenvalue weighted by molar-refractivity contribution is -0.561. The van der Waals surface area contributed by atoms with Crippen LogP contribution in [0, 0.1) is 22.5 Å². The smallest absolute Gasteiger partial charge is 0.418 e. The lowest BCUT2D eigenvalue weighted by Gasteiger charge is -2.54. The van der Waals surface area contributed by atoms with Gasteiger partial charge in [0.25, 0.3) is 0 Å². The Kier molecular flexibility index (Phi) is 11.6. The zero-order chi connectivity index (χ0) is 38.8. The maximum atomic E-state index is 14.0. The van der Waals surface area contributed by atoms with Crippen LogP contribution < -0.4 is 0 Å². The largest absolute Gasteiger partial charge is 0.673 e. The van der Waals surface area contributed by atoms with Crippen LogP contribution in [0.3, 0.4) is 0 Å². The van der Waals surface area contributed by atoms with Gasteiger partial charge in [-0.15, -0.1) is 0 Å². The number of allylic oxidation sites excluding steroid dienone is 3.